The Labute approximate surface area is 129 Å². The summed E-state index contributed by atoms with van der Waals surface area (Å²) in [4.78, 5) is 7.19. The van der Waals surface area contributed by atoms with Gasteiger partial charge in [0.15, 0.2) is 0 Å². The van der Waals surface area contributed by atoms with Gasteiger partial charge >= 0.3 is 0 Å². The standard InChI is InChI=1S/C17H19N5/c1-13-5-8-22-16(11-13)14(12-19-22)15-3-2-4-17(20-15)21-9-6-18-7-10-21/h2-5,8,11-12,18H,6-7,9-10H2,1H3. The van der Waals surface area contributed by atoms with Gasteiger partial charge in [-0.25, -0.2) is 9.50 Å². The van der Waals surface area contributed by atoms with Crippen LogP contribution in [0.2, 0.25) is 0 Å². The largest absolute Gasteiger partial charge is 0.354 e. The Morgan fingerprint density at radius 1 is 1.14 bits per heavy atom. The lowest BCUT2D eigenvalue weighted by molar-refractivity contribution is 0.585. The smallest absolute Gasteiger partial charge is 0.129 e. The van der Waals surface area contributed by atoms with Crippen molar-refractivity contribution in [1.82, 2.24) is 19.9 Å². The average Bonchev–Trinajstić information content (AvgIpc) is 2.99. The van der Waals surface area contributed by atoms with Crippen LogP contribution in [-0.2, 0) is 0 Å². The van der Waals surface area contributed by atoms with Gasteiger partial charge in [-0.2, -0.15) is 5.10 Å². The fraction of sp³-hybridized carbons (Fsp3) is 0.294. The van der Waals surface area contributed by atoms with Crippen LogP contribution in [-0.4, -0.2) is 40.8 Å². The minimum absolute atomic E-state index is 0.983. The van der Waals surface area contributed by atoms with Gasteiger partial charge < -0.3 is 10.2 Å². The van der Waals surface area contributed by atoms with E-state index in [1.165, 1.54) is 5.56 Å². The second-order valence-electron chi connectivity index (χ2n) is 5.71. The van der Waals surface area contributed by atoms with E-state index in [4.69, 9.17) is 4.98 Å². The molecule has 0 unspecified atom stereocenters. The zero-order valence-electron chi connectivity index (χ0n) is 12.7. The lowest BCUT2D eigenvalue weighted by Gasteiger charge is -2.28. The summed E-state index contributed by atoms with van der Waals surface area (Å²) < 4.78 is 1.90. The predicted octanol–water partition coefficient (Wildman–Crippen LogP) is 2.11. The Kier molecular flexibility index (Phi) is 3.27. The van der Waals surface area contributed by atoms with Gasteiger partial charge in [-0.1, -0.05) is 6.07 Å². The van der Waals surface area contributed by atoms with Crippen LogP contribution in [0.15, 0.2) is 42.7 Å². The second-order valence-corrected chi connectivity index (χ2v) is 5.71. The number of hydrogen-bond donors (Lipinski definition) is 1. The van der Waals surface area contributed by atoms with Gasteiger partial charge in [0, 0.05) is 37.9 Å². The van der Waals surface area contributed by atoms with E-state index in [1.807, 2.05) is 16.9 Å². The van der Waals surface area contributed by atoms with Crippen molar-refractivity contribution in [3.8, 4) is 11.3 Å². The molecule has 0 aromatic carbocycles. The second kappa shape index (κ2) is 5.42. The molecule has 0 spiro atoms. The number of pyridine rings is 2. The van der Waals surface area contributed by atoms with Crippen molar-refractivity contribution in [3.05, 3.63) is 48.3 Å². The molecule has 112 valence electrons. The number of nitrogens with zero attached hydrogens (tertiary/aromatic N) is 4. The van der Waals surface area contributed by atoms with Gasteiger partial charge in [-0.05, 0) is 36.8 Å². The zero-order valence-corrected chi connectivity index (χ0v) is 12.7. The molecule has 5 heteroatoms. The van der Waals surface area contributed by atoms with Crippen molar-refractivity contribution in [3.63, 3.8) is 0 Å². The zero-order chi connectivity index (χ0) is 14.9. The molecule has 3 aromatic rings. The SMILES string of the molecule is Cc1ccn2ncc(-c3cccc(N4CCNCC4)n3)c2c1. The van der Waals surface area contributed by atoms with E-state index in [2.05, 4.69) is 52.6 Å². The number of fused-ring (bicyclic) bond motifs is 1. The summed E-state index contributed by atoms with van der Waals surface area (Å²) in [6.07, 6.45) is 3.90. The van der Waals surface area contributed by atoms with Crippen molar-refractivity contribution in [2.45, 2.75) is 6.92 Å². The van der Waals surface area contributed by atoms with E-state index in [0.717, 1.165) is 48.8 Å². The maximum Gasteiger partial charge on any atom is 0.129 e. The highest BCUT2D eigenvalue weighted by atomic mass is 15.2. The van der Waals surface area contributed by atoms with E-state index in [9.17, 15) is 0 Å². The molecule has 4 rings (SSSR count). The Balaban J connectivity index is 1.76. The normalized spacial score (nSPS) is 15.4. The fourth-order valence-electron chi connectivity index (χ4n) is 2.93. The number of aromatic nitrogens is 3. The number of aryl methyl sites for hydroxylation is 1. The quantitative estimate of drug-likeness (QED) is 0.786. The van der Waals surface area contributed by atoms with Crippen LogP contribution in [0, 0.1) is 6.92 Å². The van der Waals surface area contributed by atoms with Crippen LogP contribution < -0.4 is 10.2 Å². The van der Waals surface area contributed by atoms with Gasteiger partial charge in [-0.15, -0.1) is 0 Å². The van der Waals surface area contributed by atoms with E-state index in [0.29, 0.717) is 0 Å². The predicted molar refractivity (Wildman–Crippen MR) is 88.2 cm³/mol. The van der Waals surface area contributed by atoms with Crippen LogP contribution in [0.1, 0.15) is 5.56 Å². The molecule has 0 aliphatic carbocycles. The molecule has 4 heterocycles. The fourth-order valence-corrected chi connectivity index (χ4v) is 2.93. The molecule has 5 nitrogen and oxygen atoms in total. The molecule has 1 N–H and O–H groups in total. The summed E-state index contributed by atoms with van der Waals surface area (Å²) in [6, 6.07) is 10.5. The van der Waals surface area contributed by atoms with Crippen LogP contribution in [0.4, 0.5) is 5.82 Å². The first kappa shape index (κ1) is 13.3. The maximum absolute atomic E-state index is 4.86. The Morgan fingerprint density at radius 3 is 2.86 bits per heavy atom. The van der Waals surface area contributed by atoms with Gasteiger partial charge in [-0.3, -0.25) is 0 Å². The molecular formula is C17H19N5. The summed E-state index contributed by atoms with van der Waals surface area (Å²) in [6.45, 7) is 6.14. The minimum atomic E-state index is 0.983. The van der Waals surface area contributed by atoms with Gasteiger partial charge in [0.05, 0.1) is 17.4 Å². The third kappa shape index (κ3) is 2.33. The molecule has 0 amide bonds. The summed E-state index contributed by atoms with van der Waals surface area (Å²) in [5.41, 5.74) is 4.40. The molecule has 22 heavy (non-hydrogen) atoms. The minimum Gasteiger partial charge on any atom is -0.354 e. The third-order valence-corrected chi connectivity index (χ3v) is 4.13. The molecule has 1 aliphatic heterocycles. The lowest BCUT2D eigenvalue weighted by Crippen LogP contribution is -2.43. The number of hydrogen-bond acceptors (Lipinski definition) is 4. The first-order chi connectivity index (χ1) is 10.8. The summed E-state index contributed by atoms with van der Waals surface area (Å²) in [5, 5.41) is 7.81. The van der Waals surface area contributed by atoms with Crippen LogP contribution in [0.25, 0.3) is 16.8 Å². The van der Waals surface area contributed by atoms with Crippen molar-refractivity contribution in [2.24, 2.45) is 0 Å². The number of rotatable bonds is 2. The average molecular weight is 293 g/mol. The molecule has 3 aromatic heterocycles. The topological polar surface area (TPSA) is 45.5 Å². The molecule has 1 saturated heterocycles. The Morgan fingerprint density at radius 2 is 2.00 bits per heavy atom. The Hall–Kier alpha value is -2.40. The van der Waals surface area contributed by atoms with E-state index in [-0.39, 0.29) is 0 Å². The summed E-state index contributed by atoms with van der Waals surface area (Å²) >= 11 is 0. The van der Waals surface area contributed by atoms with Crippen molar-refractivity contribution in [2.75, 3.05) is 31.1 Å². The molecule has 0 atom stereocenters. The van der Waals surface area contributed by atoms with Gasteiger partial charge in [0.2, 0.25) is 0 Å². The van der Waals surface area contributed by atoms with E-state index >= 15 is 0 Å². The monoisotopic (exact) mass is 293 g/mol. The number of nitrogens with one attached hydrogen (secondary N) is 1. The first-order valence-electron chi connectivity index (χ1n) is 7.68. The van der Waals surface area contributed by atoms with Crippen LogP contribution in [0.5, 0.6) is 0 Å². The Bertz CT molecular complexity index is 802. The molecule has 0 saturated carbocycles. The molecule has 0 bridgehead atoms. The van der Waals surface area contributed by atoms with Gasteiger partial charge in [0.1, 0.15) is 5.82 Å². The molecule has 1 aliphatic rings. The molecular weight excluding hydrogens is 274 g/mol. The number of anilines is 1. The maximum atomic E-state index is 4.86. The summed E-state index contributed by atoms with van der Waals surface area (Å²) in [5.74, 6) is 1.05. The van der Waals surface area contributed by atoms with Crippen molar-refractivity contribution >= 4 is 11.3 Å². The highest BCUT2D eigenvalue weighted by molar-refractivity contribution is 5.78. The molecule has 0 radical (unpaired) electrons. The lowest BCUT2D eigenvalue weighted by atomic mass is 10.1. The van der Waals surface area contributed by atoms with Crippen molar-refractivity contribution in [1.29, 1.82) is 0 Å². The number of piperazine rings is 1. The van der Waals surface area contributed by atoms with Crippen LogP contribution in [0.3, 0.4) is 0 Å². The highest BCUT2D eigenvalue weighted by Gasteiger charge is 2.14. The van der Waals surface area contributed by atoms with Crippen LogP contribution >= 0.6 is 0 Å². The molecule has 1 fully saturated rings. The van der Waals surface area contributed by atoms with Crippen molar-refractivity contribution < 1.29 is 0 Å². The van der Waals surface area contributed by atoms with Gasteiger partial charge in [0.25, 0.3) is 0 Å². The van der Waals surface area contributed by atoms with E-state index < -0.39 is 0 Å². The first-order valence-corrected chi connectivity index (χ1v) is 7.68. The summed E-state index contributed by atoms with van der Waals surface area (Å²) in [7, 11) is 0. The highest BCUT2D eigenvalue weighted by Crippen LogP contribution is 2.25. The van der Waals surface area contributed by atoms with E-state index in [1.54, 1.807) is 0 Å². The third-order valence-electron chi connectivity index (χ3n) is 4.13.